The molecule has 3 heteroatoms. The molecule has 0 amide bonds. The van der Waals surface area contributed by atoms with Crippen LogP contribution in [0.4, 0.5) is 0 Å². The van der Waals surface area contributed by atoms with Crippen LogP contribution in [0.5, 0.6) is 0 Å². The SMILES string of the molecule is CC(C)(N)SC(C)(C)N. The predicted octanol–water partition coefficient (Wildman–Crippen LogP) is 1.11. The summed E-state index contributed by atoms with van der Waals surface area (Å²) in [5, 5.41) is 0. The first-order valence-corrected chi connectivity index (χ1v) is 3.80. The van der Waals surface area contributed by atoms with Crippen molar-refractivity contribution in [3.8, 4) is 0 Å². The van der Waals surface area contributed by atoms with Crippen LogP contribution < -0.4 is 11.5 Å². The second kappa shape index (κ2) is 2.48. The molecule has 0 aliphatic carbocycles. The first-order chi connectivity index (χ1) is 3.71. The Kier molecular flexibility index (Phi) is 2.56. The van der Waals surface area contributed by atoms with E-state index in [-0.39, 0.29) is 9.74 Å². The molecule has 2 nitrogen and oxygen atoms in total. The molecule has 0 aliphatic rings. The van der Waals surface area contributed by atoms with Gasteiger partial charge < -0.3 is 11.5 Å². The van der Waals surface area contributed by atoms with Gasteiger partial charge in [0.25, 0.3) is 0 Å². The molecule has 0 heterocycles. The molecule has 9 heavy (non-hydrogen) atoms. The summed E-state index contributed by atoms with van der Waals surface area (Å²) in [5.41, 5.74) is 11.4. The third kappa shape index (κ3) is 8.27. The van der Waals surface area contributed by atoms with Crippen molar-refractivity contribution in [1.82, 2.24) is 0 Å². The van der Waals surface area contributed by atoms with Crippen LogP contribution in [0.15, 0.2) is 0 Å². The Labute approximate surface area is 61.4 Å². The number of thioether (sulfide) groups is 1. The molecule has 0 bridgehead atoms. The summed E-state index contributed by atoms with van der Waals surface area (Å²) in [6.45, 7) is 7.80. The highest BCUT2D eigenvalue weighted by molar-refractivity contribution is 8.01. The van der Waals surface area contributed by atoms with E-state index in [9.17, 15) is 0 Å². The summed E-state index contributed by atoms with van der Waals surface area (Å²) in [4.78, 5) is -0.448. The molecule has 0 aromatic rings. The lowest BCUT2D eigenvalue weighted by molar-refractivity contribution is 0.698. The number of nitrogens with two attached hydrogens (primary N) is 2. The molecule has 0 saturated heterocycles. The molecule has 56 valence electrons. The summed E-state index contributed by atoms with van der Waals surface area (Å²) in [5.74, 6) is 0. The first-order valence-electron chi connectivity index (χ1n) is 2.99. The molecule has 0 unspecified atom stereocenters. The molecule has 0 rings (SSSR count). The summed E-state index contributed by atoms with van der Waals surface area (Å²) < 4.78 is 0. The Morgan fingerprint density at radius 3 is 1.11 bits per heavy atom. The standard InChI is InChI=1S/C6H16N2S/c1-5(2,7)9-6(3,4)8/h7-8H2,1-4H3. The van der Waals surface area contributed by atoms with Crippen molar-refractivity contribution in [2.75, 3.05) is 0 Å². The zero-order valence-corrected chi connectivity index (χ0v) is 7.38. The van der Waals surface area contributed by atoms with E-state index < -0.39 is 0 Å². The molecule has 0 atom stereocenters. The van der Waals surface area contributed by atoms with E-state index in [4.69, 9.17) is 11.5 Å². The summed E-state index contributed by atoms with van der Waals surface area (Å²) in [7, 11) is 0. The van der Waals surface area contributed by atoms with Gasteiger partial charge in [0.15, 0.2) is 0 Å². The summed E-state index contributed by atoms with van der Waals surface area (Å²) in [6, 6.07) is 0. The Morgan fingerprint density at radius 2 is 1.11 bits per heavy atom. The molecule has 4 N–H and O–H groups in total. The van der Waals surface area contributed by atoms with Gasteiger partial charge in [0, 0.05) is 0 Å². The number of hydrogen-bond donors (Lipinski definition) is 2. The van der Waals surface area contributed by atoms with Gasteiger partial charge in [-0.2, -0.15) is 0 Å². The van der Waals surface area contributed by atoms with E-state index in [2.05, 4.69) is 0 Å². The fraction of sp³-hybridized carbons (Fsp3) is 1.00. The molecule has 0 saturated carbocycles. The topological polar surface area (TPSA) is 52.0 Å². The highest BCUT2D eigenvalue weighted by atomic mass is 32.2. The van der Waals surface area contributed by atoms with Gasteiger partial charge in [0.2, 0.25) is 0 Å². The minimum absolute atomic E-state index is 0.224. The molecule has 0 fully saturated rings. The molecule has 0 aromatic heterocycles. The Morgan fingerprint density at radius 1 is 0.889 bits per heavy atom. The van der Waals surface area contributed by atoms with Gasteiger partial charge in [-0.25, -0.2) is 0 Å². The second-order valence-electron chi connectivity index (χ2n) is 3.31. The van der Waals surface area contributed by atoms with Crippen LogP contribution in [0.2, 0.25) is 0 Å². The lowest BCUT2D eigenvalue weighted by atomic mass is 10.4. The van der Waals surface area contributed by atoms with Crippen LogP contribution in [-0.2, 0) is 0 Å². The molecular formula is C6H16N2S. The summed E-state index contributed by atoms with van der Waals surface area (Å²) in [6.07, 6.45) is 0. The second-order valence-corrected chi connectivity index (χ2v) is 5.62. The average molecular weight is 148 g/mol. The van der Waals surface area contributed by atoms with E-state index in [0.29, 0.717) is 0 Å². The lowest BCUT2D eigenvalue weighted by Crippen LogP contribution is -2.38. The Hall–Kier alpha value is 0.270. The van der Waals surface area contributed by atoms with Crippen LogP contribution in [0, 0.1) is 0 Å². The third-order valence-electron chi connectivity index (χ3n) is 0.526. The van der Waals surface area contributed by atoms with Gasteiger partial charge in [0.05, 0.1) is 9.74 Å². The number of hydrogen-bond acceptors (Lipinski definition) is 3. The number of rotatable bonds is 2. The largest absolute Gasteiger partial charge is 0.317 e. The maximum Gasteiger partial charge on any atom is 0.0581 e. The Bertz CT molecular complexity index is 76.2. The molecule has 0 aromatic carbocycles. The molecule has 0 aliphatic heterocycles. The first kappa shape index (κ1) is 9.27. The zero-order valence-electron chi connectivity index (χ0n) is 6.56. The van der Waals surface area contributed by atoms with E-state index >= 15 is 0 Å². The van der Waals surface area contributed by atoms with Crippen molar-refractivity contribution in [1.29, 1.82) is 0 Å². The van der Waals surface area contributed by atoms with Gasteiger partial charge in [-0.3, -0.25) is 0 Å². The van der Waals surface area contributed by atoms with E-state index in [1.165, 1.54) is 0 Å². The van der Waals surface area contributed by atoms with Gasteiger partial charge in [-0.1, -0.05) is 0 Å². The highest BCUT2D eigenvalue weighted by Gasteiger charge is 2.21. The van der Waals surface area contributed by atoms with Crippen molar-refractivity contribution in [2.45, 2.75) is 37.4 Å². The van der Waals surface area contributed by atoms with Crippen LogP contribution in [0.3, 0.4) is 0 Å². The van der Waals surface area contributed by atoms with Crippen molar-refractivity contribution in [3.63, 3.8) is 0 Å². The predicted molar refractivity (Wildman–Crippen MR) is 44.1 cm³/mol. The van der Waals surface area contributed by atoms with E-state index in [1.54, 1.807) is 11.8 Å². The van der Waals surface area contributed by atoms with Gasteiger partial charge in [-0.15, -0.1) is 11.8 Å². The van der Waals surface area contributed by atoms with Crippen molar-refractivity contribution in [2.24, 2.45) is 11.5 Å². The van der Waals surface area contributed by atoms with Crippen LogP contribution in [0.1, 0.15) is 27.7 Å². The van der Waals surface area contributed by atoms with Crippen LogP contribution >= 0.6 is 11.8 Å². The van der Waals surface area contributed by atoms with Crippen molar-refractivity contribution >= 4 is 11.8 Å². The quantitative estimate of drug-likeness (QED) is 0.577. The van der Waals surface area contributed by atoms with Gasteiger partial charge in [-0.05, 0) is 27.7 Å². The summed E-state index contributed by atoms with van der Waals surface area (Å²) >= 11 is 1.57. The normalized spacial score (nSPS) is 14.0. The van der Waals surface area contributed by atoms with E-state index in [1.807, 2.05) is 27.7 Å². The van der Waals surface area contributed by atoms with Crippen LogP contribution in [-0.4, -0.2) is 9.74 Å². The molecule has 0 spiro atoms. The van der Waals surface area contributed by atoms with Crippen molar-refractivity contribution in [3.05, 3.63) is 0 Å². The maximum atomic E-state index is 5.70. The average Bonchev–Trinajstić information content (AvgIpc) is 1.14. The Balaban J connectivity index is 3.75. The smallest absolute Gasteiger partial charge is 0.0581 e. The lowest BCUT2D eigenvalue weighted by Gasteiger charge is -2.27. The minimum atomic E-state index is -0.224. The van der Waals surface area contributed by atoms with E-state index in [0.717, 1.165) is 0 Å². The fourth-order valence-electron chi connectivity index (χ4n) is 0.678. The van der Waals surface area contributed by atoms with Crippen molar-refractivity contribution < 1.29 is 0 Å². The van der Waals surface area contributed by atoms with Gasteiger partial charge in [0.1, 0.15) is 0 Å². The monoisotopic (exact) mass is 148 g/mol. The molecular weight excluding hydrogens is 132 g/mol. The maximum absolute atomic E-state index is 5.70. The van der Waals surface area contributed by atoms with Gasteiger partial charge >= 0.3 is 0 Å². The zero-order chi connectivity index (χ0) is 7.71. The third-order valence-corrected chi connectivity index (χ3v) is 1.58. The molecule has 0 radical (unpaired) electrons. The fourth-order valence-corrected chi connectivity index (χ4v) is 2.03. The minimum Gasteiger partial charge on any atom is -0.317 e. The van der Waals surface area contributed by atoms with Crippen LogP contribution in [0.25, 0.3) is 0 Å². The highest BCUT2D eigenvalue weighted by Crippen LogP contribution is 2.28.